The average Bonchev–Trinajstić information content (AvgIpc) is 2.66. The van der Waals surface area contributed by atoms with E-state index >= 15 is 0 Å². The molecule has 0 aromatic carbocycles. The van der Waals surface area contributed by atoms with Crippen molar-refractivity contribution in [1.82, 2.24) is 4.98 Å². The summed E-state index contributed by atoms with van der Waals surface area (Å²) in [4.78, 5) is 24.7. The molecule has 78 valence electrons. The lowest BCUT2D eigenvalue weighted by Gasteiger charge is -1.91. The summed E-state index contributed by atoms with van der Waals surface area (Å²) < 4.78 is 4.37. The van der Waals surface area contributed by atoms with Gasteiger partial charge in [0.2, 0.25) is 0 Å². The number of rotatable bonds is 2. The Labute approximate surface area is 89.7 Å². The number of carboxylic acids is 1. The predicted octanol–water partition coefficient (Wildman–Crippen LogP) is -0.579. The Balaban J connectivity index is 2.64. The fourth-order valence-corrected chi connectivity index (χ4v) is 1.29. The molecule has 0 radical (unpaired) electrons. The van der Waals surface area contributed by atoms with E-state index in [4.69, 9.17) is 0 Å². The summed E-state index contributed by atoms with van der Waals surface area (Å²) >= 11 is 0.930. The van der Waals surface area contributed by atoms with Crippen LogP contribution in [0.3, 0.4) is 0 Å². The molecule has 15 heavy (non-hydrogen) atoms. The maximum absolute atomic E-state index is 10.7. The van der Waals surface area contributed by atoms with Crippen molar-refractivity contribution in [3.05, 3.63) is 16.1 Å². The third-order valence-corrected chi connectivity index (χ3v) is 2.18. The van der Waals surface area contributed by atoms with E-state index < -0.39 is 11.9 Å². The highest BCUT2D eigenvalue weighted by molar-refractivity contribution is 7.11. The predicted molar refractivity (Wildman–Crippen MR) is 50.0 cm³/mol. The van der Waals surface area contributed by atoms with E-state index in [-0.39, 0.29) is 11.4 Å². The number of esters is 1. The van der Waals surface area contributed by atoms with Crippen molar-refractivity contribution in [2.75, 3.05) is 7.11 Å². The number of hydrogen-bond donors (Lipinski definition) is 0. The van der Waals surface area contributed by atoms with Crippen LogP contribution in [0.4, 0.5) is 0 Å². The first-order valence-electron chi connectivity index (χ1n) is 3.86. The van der Waals surface area contributed by atoms with E-state index in [0.29, 0.717) is 5.69 Å². The van der Waals surface area contributed by atoms with Gasteiger partial charge < -0.3 is 14.6 Å². The summed E-state index contributed by atoms with van der Waals surface area (Å²) in [6.45, 7) is 0. The molecular formula is C9H6NO4S-. The molecule has 0 N–H and O–H groups in total. The Morgan fingerprint density at radius 3 is 2.93 bits per heavy atom. The molecule has 0 aliphatic carbocycles. The summed E-state index contributed by atoms with van der Waals surface area (Å²) in [5.74, 6) is 3.27. The molecule has 1 aromatic heterocycles. The van der Waals surface area contributed by atoms with Crippen molar-refractivity contribution in [3.63, 3.8) is 0 Å². The lowest BCUT2D eigenvalue weighted by Crippen LogP contribution is -2.21. The second-order valence-corrected chi connectivity index (χ2v) is 3.24. The van der Waals surface area contributed by atoms with Crippen LogP contribution < -0.4 is 5.11 Å². The van der Waals surface area contributed by atoms with Gasteiger partial charge in [-0.25, -0.2) is 4.98 Å². The number of thiazole rings is 1. The molecule has 1 rings (SSSR count). The Morgan fingerprint density at radius 2 is 2.40 bits per heavy atom. The van der Waals surface area contributed by atoms with Crippen LogP contribution >= 0.6 is 11.3 Å². The van der Waals surface area contributed by atoms with Crippen LogP contribution in [0.1, 0.15) is 21.9 Å². The number of aromatic nitrogens is 1. The SMILES string of the molecule is COC(=O)CC#Cc1csc(C(=O)[O-])n1. The molecule has 0 spiro atoms. The number of nitrogens with zero attached hydrogens (tertiary/aromatic N) is 1. The molecule has 0 aliphatic heterocycles. The van der Waals surface area contributed by atoms with Gasteiger partial charge in [0, 0.05) is 5.38 Å². The minimum Gasteiger partial charge on any atom is -0.542 e. The van der Waals surface area contributed by atoms with Crippen LogP contribution in [0.25, 0.3) is 0 Å². The Kier molecular flexibility index (Phi) is 3.83. The van der Waals surface area contributed by atoms with E-state index in [1.54, 1.807) is 0 Å². The van der Waals surface area contributed by atoms with Crippen LogP contribution in [0.2, 0.25) is 0 Å². The van der Waals surface area contributed by atoms with Gasteiger partial charge in [-0.15, -0.1) is 11.3 Å². The van der Waals surface area contributed by atoms with E-state index in [0.717, 1.165) is 11.3 Å². The monoisotopic (exact) mass is 224 g/mol. The maximum Gasteiger partial charge on any atom is 0.317 e. The standard InChI is InChI=1S/C9H7NO4S/c1-14-7(11)4-2-3-6-5-15-8(10-6)9(12)13/h5H,4H2,1H3,(H,12,13)/p-1. The van der Waals surface area contributed by atoms with Gasteiger partial charge >= 0.3 is 5.97 Å². The van der Waals surface area contributed by atoms with Crippen molar-refractivity contribution in [2.45, 2.75) is 6.42 Å². The minimum atomic E-state index is -1.33. The second-order valence-electron chi connectivity index (χ2n) is 2.38. The van der Waals surface area contributed by atoms with Crippen molar-refractivity contribution >= 4 is 23.3 Å². The fourth-order valence-electron chi connectivity index (χ4n) is 0.704. The van der Waals surface area contributed by atoms with Gasteiger partial charge in [0.1, 0.15) is 23.1 Å². The van der Waals surface area contributed by atoms with E-state index in [2.05, 4.69) is 21.6 Å². The van der Waals surface area contributed by atoms with Crippen molar-refractivity contribution in [1.29, 1.82) is 0 Å². The van der Waals surface area contributed by atoms with Gasteiger partial charge in [0.15, 0.2) is 0 Å². The van der Waals surface area contributed by atoms with Crippen LogP contribution in [-0.4, -0.2) is 24.0 Å². The molecule has 0 saturated heterocycles. The van der Waals surface area contributed by atoms with Crippen molar-refractivity contribution < 1.29 is 19.4 Å². The molecule has 5 nitrogen and oxygen atoms in total. The average molecular weight is 224 g/mol. The van der Waals surface area contributed by atoms with Crippen molar-refractivity contribution in [3.8, 4) is 11.8 Å². The Hall–Kier alpha value is -1.87. The van der Waals surface area contributed by atoms with Gasteiger partial charge in [-0.1, -0.05) is 5.92 Å². The lowest BCUT2D eigenvalue weighted by molar-refractivity contribution is -0.255. The van der Waals surface area contributed by atoms with Gasteiger partial charge in [-0.2, -0.15) is 0 Å². The van der Waals surface area contributed by atoms with E-state index in [1.807, 2.05) is 0 Å². The zero-order chi connectivity index (χ0) is 11.3. The summed E-state index contributed by atoms with van der Waals surface area (Å²) in [7, 11) is 1.26. The molecule has 1 heterocycles. The van der Waals surface area contributed by atoms with Gasteiger partial charge in [-0.3, -0.25) is 4.79 Å². The molecule has 0 atom stereocenters. The number of aromatic carboxylic acids is 1. The number of carbonyl (C=O) groups excluding carboxylic acids is 2. The van der Waals surface area contributed by atoms with E-state index in [1.165, 1.54) is 12.5 Å². The highest BCUT2D eigenvalue weighted by atomic mass is 32.1. The summed E-state index contributed by atoms with van der Waals surface area (Å²) in [6.07, 6.45) is -0.0469. The first-order chi connectivity index (χ1) is 7.13. The summed E-state index contributed by atoms with van der Waals surface area (Å²) in [5, 5.41) is 11.7. The second kappa shape index (κ2) is 5.12. The molecule has 0 aliphatic rings. The number of ether oxygens (including phenoxy) is 1. The third kappa shape index (κ3) is 3.40. The van der Waals surface area contributed by atoms with E-state index in [9.17, 15) is 14.7 Å². The molecule has 0 amide bonds. The van der Waals surface area contributed by atoms with Gasteiger partial charge in [-0.05, 0) is 5.92 Å². The highest BCUT2D eigenvalue weighted by Crippen LogP contribution is 2.07. The van der Waals surface area contributed by atoms with Crippen LogP contribution in [0.15, 0.2) is 5.38 Å². The number of methoxy groups -OCH3 is 1. The Bertz CT molecular complexity index is 440. The third-order valence-electron chi connectivity index (χ3n) is 1.36. The van der Waals surface area contributed by atoms with Crippen molar-refractivity contribution in [2.24, 2.45) is 0 Å². The number of hydrogen-bond acceptors (Lipinski definition) is 6. The van der Waals surface area contributed by atoms with Gasteiger partial charge in [0.25, 0.3) is 0 Å². The summed E-state index contributed by atoms with van der Waals surface area (Å²) in [6, 6.07) is 0. The first-order valence-corrected chi connectivity index (χ1v) is 4.74. The molecule has 0 unspecified atom stereocenters. The van der Waals surface area contributed by atoms with Crippen LogP contribution in [0.5, 0.6) is 0 Å². The zero-order valence-corrected chi connectivity index (χ0v) is 8.59. The maximum atomic E-state index is 10.7. The molecule has 0 fully saturated rings. The van der Waals surface area contributed by atoms with Crippen LogP contribution in [-0.2, 0) is 9.53 Å². The first kappa shape index (κ1) is 11.2. The topological polar surface area (TPSA) is 79.3 Å². The number of carbonyl (C=O) groups is 2. The Morgan fingerprint density at radius 1 is 1.67 bits per heavy atom. The number of carboxylic acid groups (broad SMARTS) is 1. The van der Waals surface area contributed by atoms with Crippen LogP contribution in [0, 0.1) is 11.8 Å². The summed E-state index contributed by atoms with van der Waals surface area (Å²) in [5.41, 5.74) is 0.308. The molecule has 6 heteroatoms. The molecule has 1 aromatic rings. The molecule has 0 saturated carbocycles. The molecular weight excluding hydrogens is 218 g/mol. The fraction of sp³-hybridized carbons (Fsp3) is 0.222. The lowest BCUT2D eigenvalue weighted by atomic mass is 10.4. The largest absolute Gasteiger partial charge is 0.542 e. The van der Waals surface area contributed by atoms with Gasteiger partial charge in [0.05, 0.1) is 7.11 Å². The minimum absolute atomic E-state index is 0.0469. The normalized spacial score (nSPS) is 8.87. The highest BCUT2D eigenvalue weighted by Gasteiger charge is 1.99. The zero-order valence-electron chi connectivity index (χ0n) is 7.77. The smallest absolute Gasteiger partial charge is 0.317 e. The quantitative estimate of drug-likeness (QED) is 0.496. The molecule has 0 bridgehead atoms.